The van der Waals surface area contributed by atoms with Crippen molar-refractivity contribution in [1.82, 2.24) is 10.6 Å². The fourth-order valence-electron chi connectivity index (χ4n) is 4.44. The highest BCUT2D eigenvalue weighted by molar-refractivity contribution is 5.93. The van der Waals surface area contributed by atoms with Crippen molar-refractivity contribution < 1.29 is 29.3 Å². The third kappa shape index (κ3) is 3.93. The van der Waals surface area contributed by atoms with Gasteiger partial charge in [-0.25, -0.2) is 9.59 Å². The zero-order valence-electron chi connectivity index (χ0n) is 17.7. The number of amides is 2. The summed E-state index contributed by atoms with van der Waals surface area (Å²) >= 11 is 0. The van der Waals surface area contributed by atoms with Gasteiger partial charge < -0.3 is 25.6 Å². The van der Waals surface area contributed by atoms with Gasteiger partial charge in [0.2, 0.25) is 5.91 Å². The lowest BCUT2D eigenvalue weighted by molar-refractivity contribution is -0.146. The van der Waals surface area contributed by atoms with Gasteiger partial charge in [-0.1, -0.05) is 48.5 Å². The molecule has 0 aliphatic heterocycles. The summed E-state index contributed by atoms with van der Waals surface area (Å²) in [5, 5.41) is 23.8. The Morgan fingerprint density at radius 3 is 2.09 bits per heavy atom. The van der Waals surface area contributed by atoms with E-state index in [1.54, 1.807) is 0 Å². The van der Waals surface area contributed by atoms with Crippen molar-refractivity contribution in [2.45, 2.75) is 49.8 Å². The highest BCUT2D eigenvalue weighted by Crippen LogP contribution is 2.44. The molecule has 8 nitrogen and oxygen atoms in total. The Labute approximate surface area is 185 Å². The van der Waals surface area contributed by atoms with Gasteiger partial charge in [0.15, 0.2) is 6.04 Å². The second kappa shape index (κ2) is 8.63. The third-order valence-electron chi connectivity index (χ3n) is 6.36. The van der Waals surface area contributed by atoms with E-state index in [0.29, 0.717) is 19.3 Å². The van der Waals surface area contributed by atoms with Gasteiger partial charge in [-0.2, -0.15) is 0 Å². The van der Waals surface area contributed by atoms with E-state index in [0.717, 1.165) is 22.3 Å². The van der Waals surface area contributed by atoms with Crippen molar-refractivity contribution in [3.63, 3.8) is 0 Å². The van der Waals surface area contributed by atoms with Gasteiger partial charge in [-0.15, -0.1) is 0 Å². The molecule has 32 heavy (non-hydrogen) atoms. The van der Waals surface area contributed by atoms with Crippen molar-refractivity contribution in [2.75, 3.05) is 6.61 Å². The van der Waals surface area contributed by atoms with E-state index in [-0.39, 0.29) is 12.5 Å². The molecule has 0 bridgehead atoms. The molecular formula is C24H26N2O6. The average Bonchev–Trinajstić information content (AvgIpc) is 3.06. The lowest BCUT2D eigenvalue weighted by Crippen LogP contribution is -2.65. The molecule has 2 atom stereocenters. The van der Waals surface area contributed by atoms with E-state index >= 15 is 0 Å². The molecule has 2 aliphatic carbocycles. The number of hydrogen-bond donors (Lipinski definition) is 4. The van der Waals surface area contributed by atoms with Crippen LogP contribution in [-0.2, 0) is 14.3 Å². The summed E-state index contributed by atoms with van der Waals surface area (Å²) in [6.45, 7) is 1.40. The van der Waals surface area contributed by atoms with E-state index in [9.17, 15) is 24.6 Å². The third-order valence-corrected chi connectivity index (χ3v) is 6.36. The van der Waals surface area contributed by atoms with Gasteiger partial charge in [0, 0.05) is 5.92 Å². The number of alkyl carbamates (subject to hydrolysis) is 1. The fourth-order valence-corrected chi connectivity index (χ4v) is 4.44. The van der Waals surface area contributed by atoms with Gasteiger partial charge >= 0.3 is 12.1 Å². The number of hydrogen-bond acceptors (Lipinski definition) is 5. The highest BCUT2D eigenvalue weighted by atomic mass is 16.5. The number of carboxylic acids is 1. The summed E-state index contributed by atoms with van der Waals surface area (Å²) in [5.74, 6) is -2.08. The summed E-state index contributed by atoms with van der Waals surface area (Å²) in [6.07, 6.45) is -0.554. The van der Waals surface area contributed by atoms with Crippen LogP contribution < -0.4 is 10.6 Å². The van der Waals surface area contributed by atoms with E-state index < -0.39 is 35.7 Å². The first-order valence-corrected chi connectivity index (χ1v) is 10.7. The van der Waals surface area contributed by atoms with Crippen LogP contribution in [0.25, 0.3) is 11.1 Å². The maximum Gasteiger partial charge on any atom is 0.408 e. The number of carbonyl (C=O) groups is 3. The van der Waals surface area contributed by atoms with Crippen molar-refractivity contribution in [2.24, 2.45) is 0 Å². The number of carboxylic acid groups (broad SMARTS) is 1. The molecule has 1 saturated carbocycles. The lowest BCUT2D eigenvalue weighted by atomic mass is 9.76. The molecular weight excluding hydrogens is 412 g/mol. The number of aliphatic hydroxyl groups is 1. The monoisotopic (exact) mass is 438 g/mol. The lowest BCUT2D eigenvalue weighted by Gasteiger charge is -2.41. The molecule has 168 valence electrons. The largest absolute Gasteiger partial charge is 0.480 e. The molecule has 8 heteroatoms. The number of aliphatic carboxylic acids is 1. The Bertz CT molecular complexity index is 1000. The standard InChI is InChI=1S/C24H26N2O6/c1-14(27)20(21(28)29)25-22(30)24(11-6-12-24)26-23(31)32-13-19-17-9-4-2-7-15(17)16-8-3-5-10-18(16)19/h2-5,7-10,14,19-20,27H,6,11-13H2,1H3,(H,25,30)(H,26,31)(H,28,29). The summed E-state index contributed by atoms with van der Waals surface area (Å²) in [6, 6.07) is 14.5. The van der Waals surface area contributed by atoms with Crippen molar-refractivity contribution in [3.05, 3.63) is 59.7 Å². The van der Waals surface area contributed by atoms with E-state index in [1.807, 2.05) is 48.5 Å². The molecule has 0 aromatic heterocycles. The number of aliphatic hydroxyl groups excluding tert-OH is 1. The van der Waals surface area contributed by atoms with Gasteiger partial charge in [0.05, 0.1) is 6.10 Å². The van der Waals surface area contributed by atoms with Gasteiger partial charge in [0.1, 0.15) is 12.1 Å². The second-order valence-electron chi connectivity index (χ2n) is 8.42. The number of fused-ring (bicyclic) bond motifs is 3. The van der Waals surface area contributed by atoms with Crippen LogP contribution in [0.15, 0.2) is 48.5 Å². The molecule has 2 amide bonds. The molecule has 0 heterocycles. The first kappa shape index (κ1) is 21.8. The predicted molar refractivity (Wildman–Crippen MR) is 116 cm³/mol. The molecule has 2 aromatic rings. The van der Waals surface area contributed by atoms with E-state index in [2.05, 4.69) is 10.6 Å². The Kier molecular flexibility index (Phi) is 5.88. The maximum absolute atomic E-state index is 12.7. The van der Waals surface area contributed by atoms with Crippen LogP contribution in [0, 0.1) is 0 Å². The molecule has 4 N–H and O–H groups in total. The van der Waals surface area contributed by atoms with Crippen molar-refractivity contribution in [3.8, 4) is 11.1 Å². The van der Waals surface area contributed by atoms with E-state index in [4.69, 9.17) is 4.74 Å². The highest BCUT2D eigenvalue weighted by Gasteiger charge is 2.47. The molecule has 0 saturated heterocycles. The van der Waals surface area contributed by atoms with Crippen LogP contribution in [0.1, 0.15) is 43.2 Å². The van der Waals surface area contributed by atoms with Crippen LogP contribution in [-0.4, -0.2) is 52.5 Å². The maximum atomic E-state index is 12.7. The number of carbonyl (C=O) groups excluding carboxylic acids is 2. The van der Waals surface area contributed by atoms with Crippen molar-refractivity contribution in [1.29, 1.82) is 0 Å². The SMILES string of the molecule is CC(O)C(NC(=O)C1(NC(=O)OCC2c3ccccc3-c3ccccc32)CCC1)C(=O)O. The number of nitrogens with one attached hydrogen (secondary N) is 2. The molecule has 2 aromatic carbocycles. The Morgan fingerprint density at radius 1 is 1.06 bits per heavy atom. The quantitative estimate of drug-likeness (QED) is 0.526. The molecule has 1 fully saturated rings. The topological polar surface area (TPSA) is 125 Å². The zero-order valence-corrected chi connectivity index (χ0v) is 17.7. The molecule has 4 rings (SSSR count). The summed E-state index contributed by atoms with van der Waals surface area (Å²) in [7, 11) is 0. The van der Waals surface area contributed by atoms with Gasteiger partial charge in [-0.05, 0) is 48.4 Å². The molecule has 0 spiro atoms. The van der Waals surface area contributed by atoms with Crippen molar-refractivity contribution >= 4 is 18.0 Å². The summed E-state index contributed by atoms with van der Waals surface area (Å²) in [5.41, 5.74) is 3.16. The minimum atomic E-state index is -1.45. The molecule has 2 aliphatic rings. The van der Waals surface area contributed by atoms with Gasteiger partial charge in [-0.3, -0.25) is 4.79 Å². The molecule has 0 radical (unpaired) electrons. The van der Waals surface area contributed by atoms with Crippen LogP contribution in [0.4, 0.5) is 4.79 Å². The minimum Gasteiger partial charge on any atom is -0.480 e. The first-order valence-electron chi connectivity index (χ1n) is 10.7. The minimum absolute atomic E-state index is 0.106. The molecule has 2 unspecified atom stereocenters. The first-order chi connectivity index (χ1) is 15.3. The normalized spacial score (nSPS) is 17.8. The Hall–Kier alpha value is -3.39. The number of benzene rings is 2. The van der Waals surface area contributed by atoms with Gasteiger partial charge in [0.25, 0.3) is 0 Å². The smallest absolute Gasteiger partial charge is 0.408 e. The van der Waals surface area contributed by atoms with E-state index in [1.165, 1.54) is 6.92 Å². The average molecular weight is 438 g/mol. The summed E-state index contributed by atoms with van der Waals surface area (Å²) < 4.78 is 5.53. The fraction of sp³-hybridized carbons (Fsp3) is 0.375. The zero-order chi connectivity index (χ0) is 22.9. The van der Waals surface area contributed by atoms with Crippen LogP contribution in [0.5, 0.6) is 0 Å². The predicted octanol–water partition coefficient (Wildman–Crippen LogP) is 2.40. The number of ether oxygens (including phenoxy) is 1. The second-order valence-corrected chi connectivity index (χ2v) is 8.42. The van der Waals surface area contributed by atoms with Crippen LogP contribution in [0.3, 0.4) is 0 Å². The number of rotatable bonds is 7. The van der Waals surface area contributed by atoms with Crippen LogP contribution >= 0.6 is 0 Å². The van der Waals surface area contributed by atoms with Crippen LogP contribution in [0.2, 0.25) is 0 Å². The Balaban J connectivity index is 1.42. The summed E-state index contributed by atoms with van der Waals surface area (Å²) in [4.78, 5) is 36.6. The Morgan fingerprint density at radius 2 is 1.62 bits per heavy atom.